The highest BCUT2D eigenvalue weighted by atomic mass is 35.5. The molecule has 160 valence electrons. The lowest BCUT2D eigenvalue weighted by Gasteiger charge is -2.44. The molecule has 1 aliphatic heterocycles. The van der Waals surface area contributed by atoms with Gasteiger partial charge in [-0.05, 0) is 42.8 Å². The number of likely N-dealkylation sites (tertiary alicyclic amines) is 1. The van der Waals surface area contributed by atoms with Crippen LogP contribution in [0.2, 0.25) is 5.02 Å². The van der Waals surface area contributed by atoms with Gasteiger partial charge in [0.15, 0.2) is 0 Å². The maximum absolute atomic E-state index is 14.3. The molecule has 0 aromatic heterocycles. The molecule has 0 aliphatic carbocycles. The predicted octanol–water partition coefficient (Wildman–Crippen LogP) is 3.50. The Labute approximate surface area is 178 Å². The van der Waals surface area contributed by atoms with Gasteiger partial charge in [0.2, 0.25) is 0 Å². The molecule has 1 fully saturated rings. The average Bonchev–Trinajstić information content (AvgIpc) is 2.69. The molecule has 6 nitrogen and oxygen atoms in total. The molecular weight excluding hydrogens is 413 g/mol. The smallest absolute Gasteiger partial charge is 0.328 e. The van der Waals surface area contributed by atoms with Gasteiger partial charge in [-0.25, -0.2) is 14.0 Å². The second kappa shape index (κ2) is 10.3. The Morgan fingerprint density at radius 1 is 1.13 bits per heavy atom. The van der Waals surface area contributed by atoms with E-state index in [1.165, 1.54) is 6.07 Å². The van der Waals surface area contributed by atoms with Gasteiger partial charge in [0.1, 0.15) is 5.82 Å². The Balaban J connectivity index is 0.000000343. The average molecular weight is 436 g/mol. The molecule has 0 spiro atoms. The largest absolute Gasteiger partial charge is 0.478 e. The highest BCUT2D eigenvalue weighted by Gasteiger charge is 2.43. The molecule has 8 heteroatoms. The van der Waals surface area contributed by atoms with Gasteiger partial charge in [-0.2, -0.15) is 0 Å². The Morgan fingerprint density at radius 3 is 2.33 bits per heavy atom. The minimum absolute atomic E-state index is 0.275. The topological polar surface area (TPSA) is 98.1 Å². The van der Waals surface area contributed by atoms with Crippen molar-refractivity contribution in [3.05, 3.63) is 82.6 Å². The molecule has 0 bridgehead atoms. The number of carbonyl (C=O) groups is 2. The number of piperidine rings is 1. The number of aliphatic carboxylic acids is 2. The molecule has 0 saturated carbocycles. The molecule has 2 atom stereocenters. The van der Waals surface area contributed by atoms with Gasteiger partial charge < -0.3 is 20.2 Å². The normalized spacial score (nSPS) is 21.7. The first-order valence-corrected chi connectivity index (χ1v) is 9.56. The maximum atomic E-state index is 14.3. The van der Waals surface area contributed by atoms with Crippen LogP contribution in [0.1, 0.15) is 23.5 Å². The van der Waals surface area contributed by atoms with Crippen LogP contribution in [0.3, 0.4) is 0 Å². The highest BCUT2D eigenvalue weighted by Crippen LogP contribution is 2.44. The van der Waals surface area contributed by atoms with Crippen molar-refractivity contribution in [2.24, 2.45) is 0 Å². The lowest BCUT2D eigenvalue weighted by Crippen LogP contribution is -2.47. The van der Waals surface area contributed by atoms with E-state index >= 15 is 0 Å². The number of nitrogens with zero attached hydrogens (tertiary/aromatic N) is 1. The molecule has 1 heterocycles. The van der Waals surface area contributed by atoms with Crippen LogP contribution in [0.25, 0.3) is 0 Å². The van der Waals surface area contributed by atoms with Crippen LogP contribution in [-0.2, 0) is 15.2 Å². The lowest BCUT2D eigenvalue weighted by molar-refractivity contribution is -0.134. The number of hydrogen-bond donors (Lipinski definition) is 3. The minimum atomic E-state index is -1.26. The number of likely N-dealkylation sites (N-methyl/N-ethyl adjacent to an activating group) is 1. The van der Waals surface area contributed by atoms with Gasteiger partial charge in [-0.1, -0.05) is 41.9 Å². The minimum Gasteiger partial charge on any atom is -0.478 e. The lowest BCUT2D eigenvalue weighted by atomic mass is 9.72. The molecule has 3 N–H and O–H groups in total. The number of halogens is 2. The molecule has 1 saturated heterocycles. The standard InChI is InChI=1S/C18H19ClFNO.C4H4O4/c1-21-10-9-18(22,13-5-4-6-14(19)11-13)16(12-21)15-7-2-3-8-17(15)20;5-3(6)1-2-4(7)8/h2-8,11,16,22H,9-10,12H2,1H3;1-2H,(H,5,6)(H,7,8). The summed E-state index contributed by atoms with van der Waals surface area (Å²) in [6, 6.07) is 13.9. The van der Waals surface area contributed by atoms with Gasteiger partial charge in [-0.3, -0.25) is 0 Å². The van der Waals surface area contributed by atoms with E-state index in [1.54, 1.807) is 24.3 Å². The van der Waals surface area contributed by atoms with Gasteiger partial charge in [-0.15, -0.1) is 0 Å². The summed E-state index contributed by atoms with van der Waals surface area (Å²) in [5.41, 5.74) is 0.192. The zero-order chi connectivity index (χ0) is 22.3. The fraction of sp³-hybridized carbons (Fsp3) is 0.273. The molecule has 2 unspecified atom stereocenters. The monoisotopic (exact) mass is 435 g/mol. The molecule has 2 aromatic rings. The first-order chi connectivity index (χ1) is 14.1. The summed E-state index contributed by atoms with van der Waals surface area (Å²) in [5.74, 6) is -3.12. The summed E-state index contributed by atoms with van der Waals surface area (Å²) in [7, 11) is 1.99. The van der Waals surface area contributed by atoms with Gasteiger partial charge >= 0.3 is 11.9 Å². The summed E-state index contributed by atoms with van der Waals surface area (Å²) in [4.78, 5) is 21.2. The number of carboxylic acid groups (broad SMARTS) is 2. The first kappa shape index (κ1) is 23.5. The third-order valence-electron chi connectivity index (χ3n) is 4.92. The van der Waals surface area contributed by atoms with E-state index in [0.29, 0.717) is 35.7 Å². The first-order valence-electron chi connectivity index (χ1n) is 9.19. The zero-order valence-electron chi connectivity index (χ0n) is 16.3. The van der Waals surface area contributed by atoms with Crippen LogP contribution < -0.4 is 0 Å². The number of benzene rings is 2. The second-order valence-electron chi connectivity index (χ2n) is 7.03. The molecular formula is C22H23ClFNO5. The second-order valence-corrected chi connectivity index (χ2v) is 7.47. The van der Waals surface area contributed by atoms with E-state index in [0.717, 1.165) is 12.1 Å². The summed E-state index contributed by atoms with van der Waals surface area (Å²) in [6.45, 7) is 1.36. The van der Waals surface area contributed by atoms with Crippen molar-refractivity contribution >= 4 is 23.5 Å². The molecule has 0 radical (unpaired) electrons. The fourth-order valence-electron chi connectivity index (χ4n) is 3.45. The van der Waals surface area contributed by atoms with Crippen molar-refractivity contribution in [2.45, 2.75) is 17.9 Å². The number of aliphatic hydroxyl groups is 1. The Kier molecular flexibility index (Phi) is 8.11. The van der Waals surface area contributed by atoms with Crippen molar-refractivity contribution in [3.63, 3.8) is 0 Å². The summed E-state index contributed by atoms with van der Waals surface area (Å²) in [6.07, 6.45) is 1.66. The predicted molar refractivity (Wildman–Crippen MR) is 111 cm³/mol. The summed E-state index contributed by atoms with van der Waals surface area (Å²) >= 11 is 6.08. The van der Waals surface area contributed by atoms with Crippen LogP contribution in [0.5, 0.6) is 0 Å². The van der Waals surface area contributed by atoms with Crippen LogP contribution >= 0.6 is 11.6 Å². The van der Waals surface area contributed by atoms with Crippen molar-refractivity contribution in [1.29, 1.82) is 0 Å². The van der Waals surface area contributed by atoms with E-state index in [-0.39, 0.29) is 11.7 Å². The van der Waals surface area contributed by atoms with Crippen LogP contribution in [-0.4, -0.2) is 52.3 Å². The van der Waals surface area contributed by atoms with E-state index in [2.05, 4.69) is 4.90 Å². The van der Waals surface area contributed by atoms with Crippen molar-refractivity contribution in [2.75, 3.05) is 20.1 Å². The Morgan fingerprint density at radius 2 is 1.77 bits per heavy atom. The quantitative estimate of drug-likeness (QED) is 0.636. The highest BCUT2D eigenvalue weighted by molar-refractivity contribution is 6.30. The van der Waals surface area contributed by atoms with Gasteiger partial charge in [0.05, 0.1) is 5.60 Å². The maximum Gasteiger partial charge on any atom is 0.328 e. The van der Waals surface area contributed by atoms with E-state index in [9.17, 15) is 19.1 Å². The Hall–Kier alpha value is -2.74. The molecule has 1 aliphatic rings. The SMILES string of the molecule is CN1CCC(O)(c2cccc(Cl)c2)C(c2ccccc2F)C1.O=C(O)C=CC(=O)O. The molecule has 30 heavy (non-hydrogen) atoms. The van der Waals surface area contributed by atoms with Gasteiger partial charge in [0.25, 0.3) is 0 Å². The van der Waals surface area contributed by atoms with Crippen LogP contribution in [0.15, 0.2) is 60.7 Å². The van der Waals surface area contributed by atoms with E-state index in [1.807, 2.05) is 25.2 Å². The molecule has 0 amide bonds. The molecule has 2 aromatic carbocycles. The number of carboxylic acids is 2. The zero-order valence-corrected chi connectivity index (χ0v) is 17.1. The van der Waals surface area contributed by atoms with Gasteiger partial charge in [0, 0.05) is 36.2 Å². The van der Waals surface area contributed by atoms with E-state index < -0.39 is 17.5 Å². The Bertz CT molecular complexity index is 919. The van der Waals surface area contributed by atoms with E-state index in [4.69, 9.17) is 21.8 Å². The number of rotatable bonds is 4. The van der Waals surface area contributed by atoms with Crippen molar-refractivity contribution in [3.8, 4) is 0 Å². The third-order valence-corrected chi connectivity index (χ3v) is 5.15. The fourth-order valence-corrected chi connectivity index (χ4v) is 3.64. The summed E-state index contributed by atoms with van der Waals surface area (Å²) < 4.78 is 14.3. The van der Waals surface area contributed by atoms with Crippen molar-refractivity contribution in [1.82, 2.24) is 4.90 Å². The number of hydrogen-bond acceptors (Lipinski definition) is 4. The summed E-state index contributed by atoms with van der Waals surface area (Å²) in [5, 5.41) is 27.6. The molecule has 3 rings (SSSR count). The van der Waals surface area contributed by atoms with Crippen LogP contribution in [0.4, 0.5) is 4.39 Å². The van der Waals surface area contributed by atoms with Crippen LogP contribution in [0, 0.1) is 5.82 Å². The van der Waals surface area contributed by atoms with Crippen molar-refractivity contribution < 1.29 is 29.3 Å². The third kappa shape index (κ3) is 6.13.